The number of pyridine rings is 3. The Bertz CT molecular complexity index is 1550. The third kappa shape index (κ3) is 3.90. The third-order valence-corrected chi connectivity index (χ3v) is 5.54. The van der Waals surface area contributed by atoms with E-state index in [1.807, 2.05) is 51.1 Å². The van der Waals surface area contributed by atoms with Gasteiger partial charge in [0.05, 0.1) is 10.9 Å². The summed E-state index contributed by atoms with van der Waals surface area (Å²) in [6, 6.07) is 12.6. The van der Waals surface area contributed by atoms with E-state index in [9.17, 15) is 9.59 Å². The molecule has 0 unspecified atom stereocenters. The molecular formula is C26H23N3O2. The minimum absolute atomic E-state index is 0.113. The number of fused-ring (bicyclic) bond motifs is 1. The minimum Gasteiger partial charge on any atom is -0.329 e. The van der Waals surface area contributed by atoms with Crippen LogP contribution in [0.2, 0.25) is 0 Å². The van der Waals surface area contributed by atoms with Gasteiger partial charge >= 0.3 is 0 Å². The molecule has 0 fully saturated rings. The summed E-state index contributed by atoms with van der Waals surface area (Å²) in [4.78, 5) is 31.3. The second-order valence-corrected chi connectivity index (χ2v) is 7.66. The molecule has 5 heteroatoms. The first-order chi connectivity index (χ1) is 14.8. The molecule has 0 saturated carbocycles. The SMILES string of the molecule is C=c1c(=CC=C(C)c2ccc(=O)[nH]c2)ncc2ccc(=O)n(-c3ccc(C)c(C)c3)c12. The molecule has 3 aromatic heterocycles. The van der Waals surface area contributed by atoms with Crippen LogP contribution in [-0.4, -0.2) is 14.5 Å². The van der Waals surface area contributed by atoms with Crippen molar-refractivity contribution in [1.29, 1.82) is 0 Å². The number of H-pyrrole nitrogens is 1. The van der Waals surface area contributed by atoms with Gasteiger partial charge in [-0.2, -0.15) is 0 Å². The topological polar surface area (TPSA) is 67.8 Å². The van der Waals surface area contributed by atoms with Crippen LogP contribution in [0, 0.1) is 13.8 Å². The van der Waals surface area contributed by atoms with Gasteiger partial charge in [0.1, 0.15) is 0 Å². The number of aromatic amines is 1. The number of nitrogens with zero attached hydrogens (tertiary/aromatic N) is 2. The van der Waals surface area contributed by atoms with E-state index in [1.54, 1.807) is 35.2 Å². The lowest BCUT2D eigenvalue weighted by molar-refractivity contribution is 1.02. The maximum absolute atomic E-state index is 12.8. The van der Waals surface area contributed by atoms with Crippen LogP contribution in [0.4, 0.5) is 0 Å². The molecule has 0 saturated heterocycles. The highest BCUT2D eigenvalue weighted by molar-refractivity contribution is 5.81. The van der Waals surface area contributed by atoms with E-state index >= 15 is 0 Å². The molecule has 0 radical (unpaired) electrons. The van der Waals surface area contributed by atoms with Crippen molar-refractivity contribution in [2.45, 2.75) is 20.8 Å². The summed E-state index contributed by atoms with van der Waals surface area (Å²) in [7, 11) is 0. The lowest BCUT2D eigenvalue weighted by Crippen LogP contribution is -2.32. The molecule has 0 amide bonds. The van der Waals surface area contributed by atoms with Gasteiger partial charge in [0.2, 0.25) is 5.56 Å². The van der Waals surface area contributed by atoms with Gasteiger partial charge in [-0.15, -0.1) is 0 Å². The fourth-order valence-corrected chi connectivity index (χ4v) is 3.53. The Morgan fingerprint density at radius 1 is 1.06 bits per heavy atom. The van der Waals surface area contributed by atoms with E-state index in [0.29, 0.717) is 10.6 Å². The molecule has 154 valence electrons. The molecule has 31 heavy (non-hydrogen) atoms. The van der Waals surface area contributed by atoms with E-state index < -0.39 is 0 Å². The predicted octanol–water partition coefficient (Wildman–Crippen LogP) is 2.99. The van der Waals surface area contributed by atoms with Gasteiger partial charge in [-0.1, -0.05) is 18.7 Å². The Balaban J connectivity index is 1.93. The zero-order valence-corrected chi connectivity index (χ0v) is 17.8. The second-order valence-electron chi connectivity index (χ2n) is 7.66. The first-order valence-electron chi connectivity index (χ1n) is 10.0. The Morgan fingerprint density at radius 2 is 1.87 bits per heavy atom. The molecular weight excluding hydrogens is 386 g/mol. The highest BCUT2D eigenvalue weighted by Gasteiger charge is 2.08. The molecule has 0 atom stereocenters. The largest absolute Gasteiger partial charge is 0.329 e. The Labute approximate surface area is 179 Å². The van der Waals surface area contributed by atoms with Gasteiger partial charge < -0.3 is 4.98 Å². The molecule has 4 aromatic rings. The summed E-state index contributed by atoms with van der Waals surface area (Å²) in [5.74, 6) is 0. The van der Waals surface area contributed by atoms with Crippen LogP contribution in [0.3, 0.4) is 0 Å². The normalized spacial score (nSPS) is 12.5. The standard InChI is InChI=1S/C26H23N3O2/c1-16-5-9-22(13-18(16)3)29-25(31)12-8-21-15-27-23(19(4)26(21)29)10-6-17(2)20-7-11-24(30)28-14-20/h5-15H,4H2,1-3H3,(H,28,30). The van der Waals surface area contributed by atoms with Crippen molar-refractivity contribution in [2.75, 3.05) is 0 Å². The van der Waals surface area contributed by atoms with Crippen LogP contribution in [0.25, 0.3) is 34.8 Å². The molecule has 0 aliphatic carbocycles. The molecule has 0 aliphatic rings. The predicted molar refractivity (Wildman–Crippen MR) is 127 cm³/mol. The fraction of sp³-hybridized carbons (Fsp3) is 0.115. The lowest BCUT2D eigenvalue weighted by atomic mass is 10.1. The Kier molecular flexibility index (Phi) is 5.26. The van der Waals surface area contributed by atoms with Crippen molar-refractivity contribution in [3.8, 4) is 5.69 Å². The summed E-state index contributed by atoms with van der Waals surface area (Å²) >= 11 is 0. The van der Waals surface area contributed by atoms with E-state index in [-0.39, 0.29) is 11.1 Å². The average Bonchev–Trinajstić information content (AvgIpc) is 2.76. The highest BCUT2D eigenvalue weighted by Crippen LogP contribution is 2.16. The van der Waals surface area contributed by atoms with Crippen molar-refractivity contribution in [3.63, 3.8) is 0 Å². The van der Waals surface area contributed by atoms with Crippen LogP contribution in [0.5, 0.6) is 0 Å². The molecule has 1 N–H and O–H groups in total. The number of aromatic nitrogens is 3. The summed E-state index contributed by atoms with van der Waals surface area (Å²) < 4.78 is 1.70. The number of allylic oxidation sites excluding steroid dienone is 2. The number of rotatable bonds is 3. The summed E-state index contributed by atoms with van der Waals surface area (Å²) in [5, 5.41) is 2.21. The van der Waals surface area contributed by atoms with E-state index in [4.69, 9.17) is 0 Å². The van der Waals surface area contributed by atoms with Crippen molar-refractivity contribution >= 4 is 29.1 Å². The summed E-state index contributed by atoms with van der Waals surface area (Å²) in [6.45, 7) is 10.3. The smallest absolute Gasteiger partial charge is 0.255 e. The van der Waals surface area contributed by atoms with Crippen LogP contribution in [0.15, 0.2) is 70.5 Å². The molecule has 1 aromatic carbocycles. The van der Waals surface area contributed by atoms with Gasteiger partial charge in [-0.05, 0) is 73.4 Å². The van der Waals surface area contributed by atoms with E-state index in [0.717, 1.165) is 33.3 Å². The van der Waals surface area contributed by atoms with E-state index in [2.05, 4.69) is 16.5 Å². The second kappa shape index (κ2) is 8.03. The van der Waals surface area contributed by atoms with Crippen molar-refractivity contribution in [2.24, 2.45) is 0 Å². The van der Waals surface area contributed by atoms with Gasteiger partial charge in [0.15, 0.2) is 0 Å². The average molecular weight is 409 g/mol. The number of aryl methyl sites for hydroxylation is 2. The maximum atomic E-state index is 12.8. The highest BCUT2D eigenvalue weighted by atomic mass is 16.1. The molecule has 0 spiro atoms. The first-order valence-corrected chi connectivity index (χ1v) is 10.0. The fourth-order valence-electron chi connectivity index (χ4n) is 3.53. The van der Waals surface area contributed by atoms with E-state index in [1.165, 1.54) is 11.6 Å². The van der Waals surface area contributed by atoms with Crippen molar-refractivity contribution in [1.82, 2.24) is 14.5 Å². The zero-order chi connectivity index (χ0) is 22.1. The van der Waals surface area contributed by atoms with Crippen LogP contribution in [-0.2, 0) is 0 Å². The monoisotopic (exact) mass is 409 g/mol. The van der Waals surface area contributed by atoms with Gasteiger partial charge in [0, 0.05) is 40.8 Å². The summed E-state index contributed by atoms with van der Waals surface area (Å²) in [6.07, 6.45) is 7.25. The van der Waals surface area contributed by atoms with Crippen LogP contribution in [0.1, 0.15) is 23.6 Å². The Morgan fingerprint density at radius 3 is 2.58 bits per heavy atom. The van der Waals surface area contributed by atoms with Crippen molar-refractivity contribution in [3.05, 3.63) is 109 Å². The minimum atomic E-state index is -0.138. The van der Waals surface area contributed by atoms with Crippen LogP contribution >= 0.6 is 0 Å². The number of nitrogens with one attached hydrogen (secondary N) is 1. The first kappa shape index (κ1) is 20.3. The number of hydrogen-bond donors (Lipinski definition) is 1. The molecule has 0 bridgehead atoms. The van der Waals surface area contributed by atoms with Crippen LogP contribution < -0.4 is 21.7 Å². The quantitative estimate of drug-likeness (QED) is 0.566. The van der Waals surface area contributed by atoms with Gasteiger partial charge in [0.25, 0.3) is 5.56 Å². The number of benzene rings is 1. The van der Waals surface area contributed by atoms with Gasteiger partial charge in [-0.25, -0.2) is 0 Å². The zero-order valence-electron chi connectivity index (χ0n) is 17.8. The lowest BCUT2D eigenvalue weighted by Gasteiger charge is -2.12. The number of hydrogen-bond acceptors (Lipinski definition) is 3. The molecule has 0 aliphatic heterocycles. The third-order valence-electron chi connectivity index (χ3n) is 5.54. The summed E-state index contributed by atoms with van der Waals surface area (Å²) in [5.41, 5.74) is 5.47. The maximum Gasteiger partial charge on any atom is 0.255 e. The molecule has 5 nitrogen and oxygen atoms in total. The Hall–Kier alpha value is -3.99. The molecule has 3 heterocycles. The van der Waals surface area contributed by atoms with Crippen molar-refractivity contribution < 1.29 is 0 Å². The van der Waals surface area contributed by atoms with Gasteiger partial charge in [-0.3, -0.25) is 19.1 Å². The molecule has 4 rings (SSSR count).